The van der Waals surface area contributed by atoms with E-state index in [4.69, 9.17) is 10.7 Å². The lowest BCUT2D eigenvalue weighted by molar-refractivity contribution is 0.0942. The van der Waals surface area contributed by atoms with Gasteiger partial charge in [-0.05, 0) is 30.9 Å². The zero-order valence-electron chi connectivity index (χ0n) is 11.0. The Kier molecular flexibility index (Phi) is 4.83. The van der Waals surface area contributed by atoms with Gasteiger partial charge in [0.05, 0.1) is 10.5 Å². The number of hydrogen-bond donors (Lipinski definition) is 1. The lowest BCUT2D eigenvalue weighted by atomic mass is 10.1. The molecule has 4 nitrogen and oxygen atoms in total. The summed E-state index contributed by atoms with van der Waals surface area (Å²) in [5.74, 6) is -3.34. The second kappa shape index (κ2) is 6.27. The molecule has 0 heterocycles. The molecule has 0 radical (unpaired) electrons. The van der Waals surface area contributed by atoms with E-state index < -0.39 is 37.1 Å². The first-order chi connectivity index (χ1) is 9.79. The number of rotatable bonds is 4. The molecule has 0 atom stereocenters. The maximum Gasteiger partial charge on any atom is 0.261 e. The molecular weight excluding hydrogens is 324 g/mol. The summed E-state index contributed by atoms with van der Waals surface area (Å²) in [6, 6.07) is 1.19. The van der Waals surface area contributed by atoms with E-state index in [1.807, 2.05) is 0 Å². The van der Waals surface area contributed by atoms with E-state index in [0.29, 0.717) is 18.5 Å². The zero-order chi connectivity index (χ0) is 15.6. The Bertz CT molecular complexity index is 658. The van der Waals surface area contributed by atoms with E-state index in [9.17, 15) is 22.0 Å². The number of hydrogen-bond acceptors (Lipinski definition) is 3. The first-order valence-electron chi connectivity index (χ1n) is 6.51. The Labute approximate surface area is 125 Å². The number of nitrogens with one attached hydrogen (secondary N) is 1. The first-order valence-corrected chi connectivity index (χ1v) is 8.82. The summed E-state index contributed by atoms with van der Waals surface area (Å²) < 4.78 is 49.4. The summed E-state index contributed by atoms with van der Waals surface area (Å²) >= 11 is 0. The minimum absolute atomic E-state index is 0.321. The Morgan fingerprint density at radius 3 is 2.48 bits per heavy atom. The molecule has 0 spiro atoms. The molecule has 0 unspecified atom stereocenters. The van der Waals surface area contributed by atoms with Gasteiger partial charge in [0.1, 0.15) is 0 Å². The van der Waals surface area contributed by atoms with Crippen LogP contribution in [-0.2, 0) is 9.05 Å². The van der Waals surface area contributed by atoms with Gasteiger partial charge in [0.25, 0.3) is 15.0 Å². The van der Waals surface area contributed by atoms with Crippen LogP contribution in [0.1, 0.15) is 36.0 Å². The Balaban J connectivity index is 2.21. The van der Waals surface area contributed by atoms with E-state index in [1.54, 1.807) is 0 Å². The van der Waals surface area contributed by atoms with Crippen molar-refractivity contribution >= 4 is 25.6 Å². The smallest absolute Gasteiger partial charge is 0.261 e. The topological polar surface area (TPSA) is 63.2 Å². The van der Waals surface area contributed by atoms with Gasteiger partial charge in [-0.3, -0.25) is 4.79 Å². The molecule has 1 saturated carbocycles. The fourth-order valence-corrected chi connectivity index (χ4v) is 3.19. The van der Waals surface area contributed by atoms with Gasteiger partial charge < -0.3 is 5.32 Å². The summed E-state index contributed by atoms with van der Waals surface area (Å²) in [5, 5.41) is 2.50. The van der Waals surface area contributed by atoms with Gasteiger partial charge in [0.2, 0.25) is 0 Å². The third-order valence-corrected chi connectivity index (χ3v) is 4.89. The molecule has 0 aliphatic heterocycles. The average Bonchev–Trinajstić information content (AvgIpc) is 2.91. The van der Waals surface area contributed by atoms with Crippen molar-refractivity contribution in [2.45, 2.75) is 30.6 Å². The van der Waals surface area contributed by atoms with Crippen LogP contribution in [0, 0.1) is 17.6 Å². The molecule has 0 saturated heterocycles. The summed E-state index contributed by atoms with van der Waals surface area (Å²) in [6.45, 7) is 0.359. The molecule has 21 heavy (non-hydrogen) atoms. The average molecular weight is 338 g/mol. The monoisotopic (exact) mass is 337 g/mol. The fourth-order valence-electron chi connectivity index (χ4n) is 2.42. The van der Waals surface area contributed by atoms with Gasteiger partial charge in [-0.15, -0.1) is 0 Å². The number of carbonyl (C=O) groups is 1. The van der Waals surface area contributed by atoms with Crippen LogP contribution in [0.25, 0.3) is 0 Å². The van der Waals surface area contributed by atoms with Crippen molar-refractivity contribution in [2.75, 3.05) is 6.54 Å². The fraction of sp³-hybridized carbons (Fsp3) is 0.462. The highest BCUT2D eigenvalue weighted by Gasteiger charge is 2.23. The molecule has 1 aromatic rings. The summed E-state index contributed by atoms with van der Waals surface area (Å²) in [5.41, 5.74) is -0.660. The second-order valence-corrected chi connectivity index (χ2v) is 7.63. The standard InChI is InChI=1S/C13H14ClF2NO3S/c14-21(19,20)9-5-10(12(16)11(15)6-9)13(18)17-7-8-3-1-2-4-8/h5-6,8H,1-4,7H2,(H,17,18). The van der Waals surface area contributed by atoms with Gasteiger partial charge in [-0.2, -0.15) is 0 Å². The van der Waals surface area contributed by atoms with Crippen molar-refractivity contribution in [1.82, 2.24) is 5.32 Å². The van der Waals surface area contributed by atoms with Gasteiger partial charge in [-0.1, -0.05) is 12.8 Å². The molecule has 1 amide bonds. The highest BCUT2D eigenvalue weighted by molar-refractivity contribution is 8.13. The van der Waals surface area contributed by atoms with E-state index in [2.05, 4.69) is 5.32 Å². The molecule has 0 bridgehead atoms. The normalized spacial score (nSPS) is 16.1. The quantitative estimate of drug-likeness (QED) is 0.859. The molecule has 1 fully saturated rings. The maximum absolute atomic E-state index is 13.6. The highest BCUT2D eigenvalue weighted by atomic mass is 35.7. The van der Waals surface area contributed by atoms with Gasteiger partial charge in [0, 0.05) is 17.2 Å². The van der Waals surface area contributed by atoms with Gasteiger partial charge >= 0.3 is 0 Å². The molecule has 8 heteroatoms. The summed E-state index contributed by atoms with van der Waals surface area (Å²) in [7, 11) is 0.848. The van der Waals surface area contributed by atoms with Gasteiger partial charge in [0.15, 0.2) is 11.6 Å². The molecule has 116 valence electrons. The van der Waals surface area contributed by atoms with Crippen molar-refractivity contribution in [2.24, 2.45) is 5.92 Å². The number of halogens is 3. The summed E-state index contributed by atoms with van der Waals surface area (Å²) in [4.78, 5) is 11.3. The lowest BCUT2D eigenvalue weighted by Crippen LogP contribution is -2.29. The van der Waals surface area contributed by atoms with E-state index in [1.165, 1.54) is 0 Å². The van der Waals surface area contributed by atoms with E-state index >= 15 is 0 Å². The largest absolute Gasteiger partial charge is 0.352 e. The Morgan fingerprint density at radius 2 is 1.90 bits per heavy atom. The van der Waals surface area contributed by atoms with Crippen LogP contribution in [0.5, 0.6) is 0 Å². The molecule has 1 aliphatic carbocycles. The van der Waals surface area contributed by atoms with Crippen molar-refractivity contribution in [1.29, 1.82) is 0 Å². The Hall–Kier alpha value is -1.21. The highest BCUT2D eigenvalue weighted by Crippen LogP contribution is 2.24. The van der Waals surface area contributed by atoms with Crippen LogP contribution in [0.4, 0.5) is 8.78 Å². The predicted octanol–water partition coefficient (Wildman–Crippen LogP) is 2.81. The lowest BCUT2D eigenvalue weighted by Gasteiger charge is -2.11. The Morgan fingerprint density at radius 1 is 1.29 bits per heavy atom. The van der Waals surface area contributed by atoms with E-state index in [0.717, 1.165) is 31.7 Å². The number of benzene rings is 1. The van der Waals surface area contributed by atoms with E-state index in [-0.39, 0.29) is 0 Å². The molecule has 2 rings (SSSR count). The predicted molar refractivity (Wildman–Crippen MR) is 73.7 cm³/mol. The van der Waals surface area contributed by atoms with Crippen molar-refractivity contribution in [3.63, 3.8) is 0 Å². The molecular formula is C13H14ClF2NO3S. The minimum Gasteiger partial charge on any atom is -0.352 e. The molecule has 1 N–H and O–H groups in total. The van der Waals surface area contributed by atoms with Crippen LogP contribution < -0.4 is 5.32 Å². The van der Waals surface area contributed by atoms with Gasteiger partial charge in [-0.25, -0.2) is 17.2 Å². The van der Waals surface area contributed by atoms with Crippen LogP contribution >= 0.6 is 10.7 Å². The van der Waals surface area contributed by atoms with Crippen LogP contribution in [0.3, 0.4) is 0 Å². The molecule has 1 aliphatic rings. The third-order valence-electron chi connectivity index (χ3n) is 3.55. The maximum atomic E-state index is 13.6. The van der Waals surface area contributed by atoms with Crippen molar-refractivity contribution < 1.29 is 22.0 Å². The van der Waals surface area contributed by atoms with Crippen LogP contribution in [-0.4, -0.2) is 20.9 Å². The SMILES string of the molecule is O=C(NCC1CCCC1)c1cc(S(=O)(=O)Cl)cc(F)c1F. The molecule has 0 aromatic heterocycles. The number of carbonyl (C=O) groups excluding carboxylic acids is 1. The minimum atomic E-state index is -4.24. The van der Waals surface area contributed by atoms with Crippen LogP contribution in [0.2, 0.25) is 0 Å². The van der Waals surface area contributed by atoms with Crippen LogP contribution in [0.15, 0.2) is 17.0 Å². The zero-order valence-corrected chi connectivity index (χ0v) is 12.6. The van der Waals surface area contributed by atoms with Crippen molar-refractivity contribution in [3.05, 3.63) is 29.3 Å². The first kappa shape index (κ1) is 16.2. The van der Waals surface area contributed by atoms with Crippen molar-refractivity contribution in [3.8, 4) is 0 Å². The second-order valence-electron chi connectivity index (χ2n) is 5.06. The number of amides is 1. The summed E-state index contributed by atoms with van der Waals surface area (Å²) in [6.07, 6.45) is 4.13. The molecule has 1 aromatic carbocycles. The third kappa shape index (κ3) is 3.91.